The molecule has 0 amide bonds. The maximum absolute atomic E-state index is 12.6. The number of ether oxygens (including phenoxy) is 3. The summed E-state index contributed by atoms with van der Waals surface area (Å²) in [4.78, 5) is 66.6. The lowest BCUT2D eigenvalue weighted by Crippen LogP contribution is -2.16. The summed E-state index contributed by atoms with van der Waals surface area (Å²) in [5.74, 6) is -3.28. The number of nitrogens with zero attached hydrogens (tertiary/aromatic N) is 2. The monoisotopic (exact) mass is 620 g/mol. The average Bonchev–Trinajstić information content (AvgIpc) is 3.02. The van der Waals surface area contributed by atoms with Crippen molar-refractivity contribution in [2.45, 2.75) is 6.61 Å². The number of carbonyl (C=O) groups excluding carboxylic acids is 1. The summed E-state index contributed by atoms with van der Waals surface area (Å²) < 4.78 is 16.1. The standard InChI is InChI=1S/C29H20N2O14/c32-27(33)21-3-1-5-24(30(37)38)23(21)15-43-45-20-13-9-18(10-14-20)42-16-41-17-7-11-19(12-8-17)44-29(36)26-22(28(34)35)4-2-6-25(26)31(39)40/h1-14H,15-16H2,(H,32,33)(H,34,35). The summed E-state index contributed by atoms with van der Waals surface area (Å²) in [5, 5.41) is 41.2. The number of hydrogen-bond acceptors (Lipinski definition) is 12. The molecule has 0 aromatic heterocycles. The Morgan fingerprint density at radius 3 is 1.67 bits per heavy atom. The topological polar surface area (TPSA) is 224 Å². The van der Waals surface area contributed by atoms with Gasteiger partial charge in [0, 0.05) is 12.1 Å². The van der Waals surface area contributed by atoms with Crippen LogP contribution in [0.15, 0.2) is 84.9 Å². The van der Waals surface area contributed by atoms with Crippen molar-refractivity contribution >= 4 is 29.3 Å². The van der Waals surface area contributed by atoms with Gasteiger partial charge in [0.25, 0.3) is 11.4 Å². The Morgan fingerprint density at radius 2 is 1.13 bits per heavy atom. The van der Waals surface area contributed by atoms with Crippen LogP contribution in [0.3, 0.4) is 0 Å². The number of rotatable bonds is 14. The number of nitro benzene ring substituents is 2. The highest BCUT2D eigenvalue weighted by molar-refractivity contribution is 6.06. The molecule has 0 radical (unpaired) electrons. The van der Waals surface area contributed by atoms with E-state index in [0.29, 0.717) is 11.5 Å². The Balaban J connectivity index is 1.28. The highest BCUT2D eigenvalue weighted by Crippen LogP contribution is 2.27. The van der Waals surface area contributed by atoms with E-state index < -0.39 is 56.9 Å². The van der Waals surface area contributed by atoms with E-state index in [1.165, 1.54) is 60.7 Å². The molecule has 230 valence electrons. The lowest BCUT2D eigenvalue weighted by atomic mass is 10.1. The highest BCUT2D eigenvalue weighted by atomic mass is 17.2. The molecule has 0 saturated carbocycles. The molecule has 0 aliphatic rings. The van der Waals surface area contributed by atoms with Crippen LogP contribution in [0.25, 0.3) is 0 Å². The maximum atomic E-state index is 12.6. The molecule has 0 aliphatic carbocycles. The molecule has 0 unspecified atom stereocenters. The predicted octanol–water partition coefficient (Wildman–Crippen LogP) is 5.04. The summed E-state index contributed by atoms with van der Waals surface area (Å²) in [6.07, 6.45) is 0. The maximum Gasteiger partial charge on any atom is 0.351 e. The quantitative estimate of drug-likeness (QED) is 0.0470. The first kappa shape index (κ1) is 31.4. The lowest BCUT2D eigenvalue weighted by molar-refractivity contribution is -0.386. The van der Waals surface area contributed by atoms with Crippen molar-refractivity contribution < 1.29 is 58.4 Å². The Labute approximate surface area is 251 Å². The molecular weight excluding hydrogens is 600 g/mol. The van der Waals surface area contributed by atoms with Gasteiger partial charge in [0.05, 0.1) is 26.5 Å². The van der Waals surface area contributed by atoms with Crippen LogP contribution < -0.4 is 19.1 Å². The van der Waals surface area contributed by atoms with Crippen LogP contribution in [0, 0.1) is 20.2 Å². The number of nitro groups is 2. The molecule has 0 fully saturated rings. The van der Waals surface area contributed by atoms with Crippen LogP contribution in [0.1, 0.15) is 36.6 Å². The van der Waals surface area contributed by atoms with Crippen LogP contribution >= 0.6 is 0 Å². The minimum absolute atomic E-state index is 0.0263. The molecule has 4 aromatic carbocycles. The van der Waals surface area contributed by atoms with Crippen molar-refractivity contribution in [3.05, 3.63) is 127 Å². The van der Waals surface area contributed by atoms with Crippen LogP contribution in [-0.4, -0.2) is 44.8 Å². The molecule has 4 aromatic rings. The smallest absolute Gasteiger partial charge is 0.351 e. The van der Waals surface area contributed by atoms with E-state index in [9.17, 15) is 44.8 Å². The van der Waals surface area contributed by atoms with Crippen molar-refractivity contribution in [1.29, 1.82) is 0 Å². The fraction of sp³-hybridized carbons (Fsp3) is 0.0690. The van der Waals surface area contributed by atoms with Crippen LogP contribution in [0.4, 0.5) is 11.4 Å². The SMILES string of the molecule is O=C(O)c1cccc([N+](=O)[O-])c1COOc1ccc(OCOc2ccc(OC(=O)c3c(C(=O)O)cccc3[N+](=O)[O-])cc2)cc1. The van der Waals surface area contributed by atoms with Crippen molar-refractivity contribution in [3.8, 4) is 23.0 Å². The van der Waals surface area contributed by atoms with Gasteiger partial charge in [-0.2, -0.15) is 4.89 Å². The third kappa shape index (κ3) is 7.85. The van der Waals surface area contributed by atoms with Crippen LogP contribution in [0.5, 0.6) is 23.0 Å². The molecule has 16 nitrogen and oxygen atoms in total. The molecule has 0 spiro atoms. The fourth-order valence-electron chi connectivity index (χ4n) is 3.86. The van der Waals surface area contributed by atoms with Gasteiger partial charge in [0.1, 0.15) is 23.9 Å². The van der Waals surface area contributed by atoms with Gasteiger partial charge < -0.3 is 29.3 Å². The highest BCUT2D eigenvalue weighted by Gasteiger charge is 2.29. The number of hydrogen-bond donors (Lipinski definition) is 2. The second kappa shape index (κ2) is 14.1. The second-order valence-corrected chi connectivity index (χ2v) is 8.71. The van der Waals surface area contributed by atoms with E-state index in [2.05, 4.69) is 0 Å². The largest absolute Gasteiger partial charge is 0.478 e. The molecule has 0 saturated heterocycles. The molecule has 0 bridgehead atoms. The third-order valence-electron chi connectivity index (χ3n) is 5.92. The van der Waals surface area contributed by atoms with Gasteiger partial charge in [-0.15, -0.1) is 0 Å². The zero-order valence-corrected chi connectivity index (χ0v) is 22.7. The van der Waals surface area contributed by atoms with Crippen LogP contribution in [0.2, 0.25) is 0 Å². The van der Waals surface area contributed by atoms with Crippen LogP contribution in [-0.2, 0) is 11.5 Å². The minimum Gasteiger partial charge on any atom is -0.478 e. The van der Waals surface area contributed by atoms with Gasteiger partial charge in [-0.1, -0.05) is 12.1 Å². The second-order valence-electron chi connectivity index (χ2n) is 8.71. The van der Waals surface area contributed by atoms with Gasteiger partial charge in [0.2, 0.25) is 6.79 Å². The molecular formula is C29H20N2O14. The van der Waals surface area contributed by atoms with Crippen molar-refractivity contribution in [3.63, 3.8) is 0 Å². The average molecular weight is 620 g/mol. The summed E-state index contributed by atoms with van der Waals surface area (Å²) in [7, 11) is 0. The van der Waals surface area contributed by atoms with E-state index in [-0.39, 0.29) is 29.4 Å². The van der Waals surface area contributed by atoms with Gasteiger partial charge in [-0.05, 0) is 60.7 Å². The Hall–Kier alpha value is -6.55. The minimum atomic E-state index is -1.53. The predicted molar refractivity (Wildman–Crippen MR) is 149 cm³/mol. The molecule has 0 heterocycles. The van der Waals surface area contributed by atoms with E-state index in [1.54, 1.807) is 0 Å². The molecule has 0 aliphatic heterocycles. The zero-order valence-electron chi connectivity index (χ0n) is 22.7. The number of carboxylic acid groups (broad SMARTS) is 2. The summed E-state index contributed by atoms with van der Waals surface area (Å²) >= 11 is 0. The fourth-order valence-corrected chi connectivity index (χ4v) is 3.86. The van der Waals surface area contributed by atoms with Gasteiger partial charge >= 0.3 is 17.9 Å². The number of aromatic carboxylic acids is 2. The lowest BCUT2D eigenvalue weighted by Gasteiger charge is -2.11. The van der Waals surface area contributed by atoms with Gasteiger partial charge in [-0.25, -0.2) is 14.4 Å². The first-order valence-electron chi connectivity index (χ1n) is 12.5. The molecule has 16 heteroatoms. The molecule has 4 rings (SSSR count). The first-order chi connectivity index (χ1) is 21.5. The Bertz CT molecular complexity index is 1690. The number of benzene rings is 4. The van der Waals surface area contributed by atoms with Gasteiger partial charge in [0.15, 0.2) is 11.3 Å². The summed E-state index contributed by atoms with van der Waals surface area (Å²) in [6.45, 7) is -0.748. The van der Waals surface area contributed by atoms with E-state index >= 15 is 0 Å². The van der Waals surface area contributed by atoms with Crippen molar-refractivity contribution in [1.82, 2.24) is 0 Å². The Kier molecular flexibility index (Phi) is 9.82. The normalized spacial score (nSPS) is 10.4. The number of carboxylic acids is 2. The molecule has 2 N–H and O–H groups in total. The van der Waals surface area contributed by atoms with Crippen molar-refractivity contribution in [2.24, 2.45) is 0 Å². The Morgan fingerprint density at radius 1 is 0.644 bits per heavy atom. The van der Waals surface area contributed by atoms with E-state index in [4.69, 9.17) is 24.0 Å². The van der Waals surface area contributed by atoms with Crippen molar-refractivity contribution in [2.75, 3.05) is 6.79 Å². The molecule has 0 atom stereocenters. The summed E-state index contributed by atoms with van der Waals surface area (Å²) in [6, 6.07) is 18.3. The number of esters is 1. The van der Waals surface area contributed by atoms with E-state index in [0.717, 1.165) is 24.3 Å². The zero-order chi connectivity index (χ0) is 32.5. The number of carbonyl (C=O) groups is 3. The van der Waals surface area contributed by atoms with E-state index in [1.807, 2.05) is 0 Å². The van der Waals surface area contributed by atoms with Gasteiger partial charge in [-0.3, -0.25) is 20.2 Å². The summed E-state index contributed by atoms with van der Waals surface area (Å²) in [5.41, 5.74) is -2.86. The first-order valence-corrected chi connectivity index (χ1v) is 12.5. The third-order valence-corrected chi connectivity index (χ3v) is 5.92. The molecule has 45 heavy (non-hydrogen) atoms.